The molecule has 3 nitrogen and oxygen atoms in total. The van der Waals surface area contributed by atoms with Crippen molar-refractivity contribution < 1.29 is 4.74 Å². The average Bonchev–Trinajstić information content (AvgIpc) is 3.16. The van der Waals surface area contributed by atoms with Crippen LogP contribution in [-0.2, 0) is 4.74 Å². The summed E-state index contributed by atoms with van der Waals surface area (Å²) in [7, 11) is 1.77. The van der Waals surface area contributed by atoms with Gasteiger partial charge in [-0.15, -0.1) is 11.3 Å². The van der Waals surface area contributed by atoms with Crippen LogP contribution in [-0.4, -0.2) is 37.2 Å². The van der Waals surface area contributed by atoms with E-state index in [2.05, 4.69) is 30.9 Å². The Morgan fingerprint density at radius 2 is 2.21 bits per heavy atom. The quantitative estimate of drug-likeness (QED) is 0.796. The number of methoxy groups -OCH3 is 1. The van der Waals surface area contributed by atoms with Crippen molar-refractivity contribution in [3.63, 3.8) is 0 Å². The summed E-state index contributed by atoms with van der Waals surface area (Å²) in [4.78, 5) is 5.35. The van der Waals surface area contributed by atoms with Crippen LogP contribution >= 0.6 is 11.3 Å². The van der Waals surface area contributed by atoms with E-state index in [0.717, 1.165) is 19.6 Å². The monoisotopic (exact) mass is 282 g/mol. The number of ether oxygens (including phenoxy) is 1. The van der Waals surface area contributed by atoms with Crippen molar-refractivity contribution in [2.75, 3.05) is 20.3 Å². The van der Waals surface area contributed by atoms with Gasteiger partial charge >= 0.3 is 0 Å². The first-order valence-corrected chi connectivity index (χ1v) is 8.05. The van der Waals surface area contributed by atoms with Gasteiger partial charge in [0.15, 0.2) is 0 Å². The standard InChI is InChI=1S/C15H26N2OS/c1-4-13(16)15(14-8-5-11(2)19-14)17(9-10-18-3)12-6-7-12/h5,8,12-13,15H,4,6-7,9-10,16H2,1-3H3. The smallest absolute Gasteiger partial charge is 0.0596 e. The minimum atomic E-state index is 0.204. The van der Waals surface area contributed by atoms with E-state index < -0.39 is 0 Å². The maximum atomic E-state index is 6.42. The lowest BCUT2D eigenvalue weighted by Gasteiger charge is -2.34. The van der Waals surface area contributed by atoms with Gasteiger partial charge in [0, 0.05) is 35.5 Å². The maximum Gasteiger partial charge on any atom is 0.0596 e. The number of nitrogens with zero attached hydrogens (tertiary/aromatic N) is 1. The summed E-state index contributed by atoms with van der Waals surface area (Å²) < 4.78 is 5.28. The predicted molar refractivity (Wildman–Crippen MR) is 81.7 cm³/mol. The molecule has 1 aromatic heterocycles. The number of hydrogen-bond donors (Lipinski definition) is 1. The SMILES string of the molecule is CCC(N)C(c1ccc(C)s1)N(CCOC)C1CC1. The van der Waals surface area contributed by atoms with Crippen LogP contribution in [0.3, 0.4) is 0 Å². The molecule has 1 aromatic rings. The summed E-state index contributed by atoms with van der Waals surface area (Å²) in [5.41, 5.74) is 6.42. The van der Waals surface area contributed by atoms with Crippen LogP contribution in [0.5, 0.6) is 0 Å². The van der Waals surface area contributed by atoms with Crippen LogP contribution in [0.1, 0.15) is 42.0 Å². The number of nitrogens with two attached hydrogens (primary N) is 1. The highest BCUT2D eigenvalue weighted by Gasteiger charge is 2.37. The molecule has 2 atom stereocenters. The van der Waals surface area contributed by atoms with Crippen molar-refractivity contribution in [2.45, 2.75) is 51.2 Å². The third-order valence-corrected chi connectivity index (χ3v) is 4.93. The normalized spacial score (nSPS) is 18.8. The van der Waals surface area contributed by atoms with Crippen LogP contribution in [0.15, 0.2) is 12.1 Å². The molecular weight excluding hydrogens is 256 g/mol. The largest absolute Gasteiger partial charge is 0.383 e. The van der Waals surface area contributed by atoms with Gasteiger partial charge in [-0.05, 0) is 38.3 Å². The van der Waals surface area contributed by atoms with Crippen molar-refractivity contribution in [3.8, 4) is 0 Å². The van der Waals surface area contributed by atoms with Crippen molar-refractivity contribution in [3.05, 3.63) is 21.9 Å². The molecular formula is C15H26N2OS. The highest BCUT2D eigenvalue weighted by molar-refractivity contribution is 7.12. The average molecular weight is 282 g/mol. The lowest BCUT2D eigenvalue weighted by Crippen LogP contribution is -2.43. The van der Waals surface area contributed by atoms with Crippen LogP contribution in [0, 0.1) is 6.92 Å². The molecule has 0 spiro atoms. The maximum absolute atomic E-state index is 6.42. The van der Waals surface area contributed by atoms with Gasteiger partial charge in [-0.25, -0.2) is 0 Å². The highest BCUT2D eigenvalue weighted by Crippen LogP contribution is 2.38. The molecule has 1 fully saturated rings. The predicted octanol–water partition coefficient (Wildman–Crippen LogP) is 2.95. The molecule has 0 aliphatic heterocycles. The summed E-state index contributed by atoms with van der Waals surface area (Å²) in [6, 6.07) is 5.72. The summed E-state index contributed by atoms with van der Waals surface area (Å²) in [5.74, 6) is 0. The fraction of sp³-hybridized carbons (Fsp3) is 0.733. The number of hydrogen-bond acceptors (Lipinski definition) is 4. The van der Waals surface area contributed by atoms with E-state index in [1.54, 1.807) is 7.11 Å². The number of thiophene rings is 1. The summed E-state index contributed by atoms with van der Waals surface area (Å²) in [5, 5.41) is 0. The first kappa shape index (κ1) is 15.0. The Kier molecular flexibility index (Phi) is 5.39. The lowest BCUT2D eigenvalue weighted by atomic mass is 10.0. The van der Waals surface area contributed by atoms with Gasteiger partial charge in [0.2, 0.25) is 0 Å². The van der Waals surface area contributed by atoms with E-state index in [4.69, 9.17) is 10.5 Å². The Bertz CT molecular complexity index is 389. The third-order valence-electron chi connectivity index (χ3n) is 3.86. The van der Waals surface area contributed by atoms with Crippen molar-refractivity contribution in [1.29, 1.82) is 0 Å². The Balaban J connectivity index is 2.19. The molecule has 4 heteroatoms. The molecule has 1 aliphatic carbocycles. The van der Waals surface area contributed by atoms with Gasteiger partial charge in [-0.2, -0.15) is 0 Å². The summed E-state index contributed by atoms with van der Waals surface area (Å²) >= 11 is 1.88. The number of rotatable bonds is 8. The van der Waals surface area contributed by atoms with Gasteiger partial charge < -0.3 is 10.5 Å². The van der Waals surface area contributed by atoms with E-state index >= 15 is 0 Å². The third kappa shape index (κ3) is 3.78. The molecule has 19 heavy (non-hydrogen) atoms. The van der Waals surface area contributed by atoms with Gasteiger partial charge in [0.05, 0.1) is 12.6 Å². The Morgan fingerprint density at radius 1 is 1.47 bits per heavy atom. The van der Waals surface area contributed by atoms with E-state index in [-0.39, 0.29) is 6.04 Å². The second-order valence-corrected chi connectivity index (χ2v) is 6.75. The fourth-order valence-electron chi connectivity index (χ4n) is 2.61. The van der Waals surface area contributed by atoms with Gasteiger partial charge in [0.1, 0.15) is 0 Å². The Hall–Kier alpha value is -0.420. The molecule has 2 N–H and O–H groups in total. The zero-order valence-electron chi connectivity index (χ0n) is 12.3. The van der Waals surface area contributed by atoms with Crippen LogP contribution in [0.4, 0.5) is 0 Å². The van der Waals surface area contributed by atoms with Gasteiger partial charge in [0.25, 0.3) is 0 Å². The van der Waals surface area contributed by atoms with Crippen molar-refractivity contribution in [2.24, 2.45) is 5.73 Å². The van der Waals surface area contributed by atoms with Gasteiger partial charge in [-0.1, -0.05) is 6.92 Å². The highest BCUT2D eigenvalue weighted by atomic mass is 32.1. The van der Waals surface area contributed by atoms with E-state index in [1.165, 1.54) is 22.6 Å². The molecule has 1 aliphatic rings. The van der Waals surface area contributed by atoms with Gasteiger partial charge in [-0.3, -0.25) is 4.90 Å². The Labute approximate surface area is 120 Å². The molecule has 0 amide bonds. The molecule has 2 unspecified atom stereocenters. The first-order valence-electron chi connectivity index (χ1n) is 7.24. The zero-order valence-corrected chi connectivity index (χ0v) is 13.1. The van der Waals surface area contributed by atoms with E-state index in [9.17, 15) is 0 Å². The fourth-order valence-corrected chi connectivity index (χ4v) is 3.68. The van der Waals surface area contributed by atoms with E-state index in [0.29, 0.717) is 12.1 Å². The first-order chi connectivity index (χ1) is 9.17. The minimum Gasteiger partial charge on any atom is -0.383 e. The van der Waals surface area contributed by atoms with Crippen molar-refractivity contribution >= 4 is 11.3 Å². The molecule has 1 heterocycles. The second-order valence-electron chi connectivity index (χ2n) is 5.43. The second kappa shape index (κ2) is 6.84. The molecule has 108 valence electrons. The molecule has 0 bridgehead atoms. The van der Waals surface area contributed by atoms with Crippen LogP contribution < -0.4 is 5.73 Å². The topological polar surface area (TPSA) is 38.5 Å². The minimum absolute atomic E-state index is 0.204. The lowest BCUT2D eigenvalue weighted by molar-refractivity contribution is 0.102. The summed E-state index contributed by atoms with van der Waals surface area (Å²) in [6.07, 6.45) is 3.62. The zero-order chi connectivity index (χ0) is 13.8. The number of aryl methyl sites for hydroxylation is 1. The molecule has 0 saturated heterocycles. The van der Waals surface area contributed by atoms with Crippen LogP contribution in [0.2, 0.25) is 0 Å². The van der Waals surface area contributed by atoms with Crippen LogP contribution in [0.25, 0.3) is 0 Å². The molecule has 0 aromatic carbocycles. The summed E-state index contributed by atoms with van der Waals surface area (Å²) in [6.45, 7) is 6.11. The van der Waals surface area contributed by atoms with E-state index in [1.807, 2.05) is 11.3 Å². The van der Waals surface area contributed by atoms with Crippen molar-refractivity contribution in [1.82, 2.24) is 4.90 Å². The Morgan fingerprint density at radius 3 is 2.68 bits per heavy atom. The molecule has 2 rings (SSSR count). The molecule has 0 radical (unpaired) electrons. The molecule has 1 saturated carbocycles.